The third kappa shape index (κ3) is 9.98. The highest BCUT2D eigenvalue weighted by molar-refractivity contribution is 5.87. The SMILES string of the molecule is CCCCOc1c([N+](=O)[O-])ccc(Oc2ccc([N+](=O)[O-])c(OCCCC)c2-c2ccc(C(F)(F)F)cc2C(F)(F)F)c1-c1ccc(C(F)(F)F)cc1C(F)(F)F. The van der Waals surface area contributed by atoms with E-state index in [-0.39, 0.29) is 37.1 Å². The van der Waals surface area contributed by atoms with Gasteiger partial charge < -0.3 is 14.2 Å². The lowest BCUT2D eigenvalue weighted by Crippen LogP contribution is -2.13. The van der Waals surface area contributed by atoms with E-state index < -0.39 is 127 Å². The molecule has 57 heavy (non-hydrogen) atoms. The van der Waals surface area contributed by atoms with Crippen LogP contribution >= 0.6 is 0 Å². The first-order chi connectivity index (χ1) is 26.4. The van der Waals surface area contributed by atoms with Crippen molar-refractivity contribution in [2.45, 2.75) is 64.2 Å². The number of ether oxygens (including phenoxy) is 3. The van der Waals surface area contributed by atoms with Gasteiger partial charge in [0.2, 0.25) is 11.5 Å². The minimum absolute atomic E-state index is 0.139. The number of nitrogens with zero attached hydrogens (tertiary/aromatic N) is 2. The van der Waals surface area contributed by atoms with Crippen molar-refractivity contribution in [1.82, 2.24) is 0 Å². The van der Waals surface area contributed by atoms with E-state index in [2.05, 4.69) is 0 Å². The molecule has 4 aromatic carbocycles. The van der Waals surface area contributed by atoms with E-state index >= 15 is 0 Å². The van der Waals surface area contributed by atoms with Crippen LogP contribution in [0.15, 0.2) is 60.7 Å². The molecule has 0 bridgehead atoms. The fourth-order valence-electron chi connectivity index (χ4n) is 5.47. The van der Waals surface area contributed by atoms with Gasteiger partial charge in [-0.2, -0.15) is 52.7 Å². The van der Waals surface area contributed by atoms with E-state index in [0.29, 0.717) is 49.2 Å². The number of rotatable bonds is 14. The lowest BCUT2D eigenvalue weighted by molar-refractivity contribution is -0.385. The van der Waals surface area contributed by atoms with Gasteiger partial charge in [-0.05, 0) is 49.2 Å². The van der Waals surface area contributed by atoms with Crippen molar-refractivity contribution < 1.29 is 76.7 Å². The smallest absolute Gasteiger partial charge is 0.417 e. The van der Waals surface area contributed by atoms with Crippen LogP contribution in [0, 0.1) is 20.2 Å². The normalized spacial score (nSPS) is 12.4. The summed E-state index contributed by atoms with van der Waals surface area (Å²) in [5, 5.41) is 24.3. The molecule has 0 aliphatic rings. The molecule has 0 atom stereocenters. The highest BCUT2D eigenvalue weighted by Gasteiger charge is 2.42. The average molecular weight is 829 g/mol. The Labute approximate surface area is 314 Å². The number of nitro benzene ring substituents is 2. The zero-order valence-electron chi connectivity index (χ0n) is 29.3. The first kappa shape index (κ1) is 44.0. The van der Waals surface area contributed by atoms with Crippen molar-refractivity contribution in [3.8, 4) is 45.3 Å². The van der Waals surface area contributed by atoms with E-state index in [1.807, 2.05) is 0 Å². The van der Waals surface area contributed by atoms with Gasteiger partial charge in [-0.3, -0.25) is 20.2 Å². The summed E-state index contributed by atoms with van der Waals surface area (Å²) in [5.74, 6) is -3.78. The molecule has 0 saturated carbocycles. The summed E-state index contributed by atoms with van der Waals surface area (Å²) < 4.78 is 186. The maximum atomic E-state index is 14.6. The third-order valence-electron chi connectivity index (χ3n) is 8.14. The van der Waals surface area contributed by atoms with Gasteiger partial charge in [0.1, 0.15) is 11.5 Å². The van der Waals surface area contributed by atoms with Crippen LogP contribution in [0.3, 0.4) is 0 Å². The van der Waals surface area contributed by atoms with Crippen LogP contribution in [0.4, 0.5) is 64.1 Å². The molecule has 0 amide bonds. The summed E-state index contributed by atoms with van der Waals surface area (Å²) in [6.45, 7) is 2.47. The molecule has 0 radical (unpaired) electrons. The number of nitro groups is 2. The van der Waals surface area contributed by atoms with Gasteiger partial charge in [0.15, 0.2) is 0 Å². The average Bonchev–Trinajstić information content (AvgIpc) is 3.09. The highest BCUT2D eigenvalue weighted by atomic mass is 19.4. The van der Waals surface area contributed by atoms with Gasteiger partial charge in [0.25, 0.3) is 0 Å². The molecule has 0 saturated heterocycles. The molecule has 0 fully saturated rings. The monoisotopic (exact) mass is 828 g/mol. The molecule has 4 rings (SSSR count). The number of alkyl halides is 12. The van der Waals surface area contributed by atoms with Crippen LogP contribution in [0.25, 0.3) is 22.3 Å². The number of hydrogen-bond acceptors (Lipinski definition) is 7. The van der Waals surface area contributed by atoms with Crippen molar-refractivity contribution in [1.29, 1.82) is 0 Å². The second-order valence-corrected chi connectivity index (χ2v) is 12.1. The van der Waals surface area contributed by atoms with Gasteiger partial charge in [0, 0.05) is 23.3 Å². The second-order valence-electron chi connectivity index (χ2n) is 12.1. The molecule has 0 heterocycles. The maximum absolute atomic E-state index is 14.6. The predicted octanol–water partition coefficient (Wildman–Crippen LogP) is 13.1. The van der Waals surface area contributed by atoms with Crippen LogP contribution in [-0.2, 0) is 24.7 Å². The Hall–Kier alpha value is -5.76. The summed E-state index contributed by atoms with van der Waals surface area (Å²) in [5.41, 5.74) is -14.0. The molecule has 4 aromatic rings. The number of benzene rings is 4. The Balaban J connectivity index is 2.21. The van der Waals surface area contributed by atoms with Crippen molar-refractivity contribution in [3.05, 3.63) is 103 Å². The lowest BCUT2D eigenvalue weighted by atomic mass is 9.93. The third-order valence-corrected chi connectivity index (χ3v) is 8.14. The predicted molar refractivity (Wildman–Crippen MR) is 178 cm³/mol. The molecule has 0 spiro atoms. The van der Waals surface area contributed by atoms with E-state index in [9.17, 15) is 72.9 Å². The van der Waals surface area contributed by atoms with E-state index in [1.165, 1.54) is 0 Å². The van der Waals surface area contributed by atoms with Crippen LogP contribution in [0.1, 0.15) is 61.8 Å². The number of hydrogen-bond donors (Lipinski definition) is 0. The zero-order valence-corrected chi connectivity index (χ0v) is 29.3. The summed E-state index contributed by atoms with van der Waals surface area (Å²) in [4.78, 5) is 22.1. The van der Waals surface area contributed by atoms with Gasteiger partial charge in [-0.15, -0.1) is 0 Å². The minimum atomic E-state index is -5.60. The molecule has 308 valence electrons. The van der Waals surface area contributed by atoms with Gasteiger partial charge >= 0.3 is 36.1 Å². The molecule has 0 N–H and O–H groups in total. The fourth-order valence-corrected chi connectivity index (χ4v) is 5.47. The topological polar surface area (TPSA) is 114 Å². The van der Waals surface area contributed by atoms with Gasteiger partial charge in [-0.1, -0.05) is 38.8 Å². The first-order valence-electron chi connectivity index (χ1n) is 16.6. The molecule has 0 aliphatic carbocycles. The molecular formula is C36H28F12N2O7. The summed E-state index contributed by atoms with van der Waals surface area (Å²) in [6.07, 6.45) is -20.8. The zero-order chi connectivity index (χ0) is 42.7. The summed E-state index contributed by atoms with van der Waals surface area (Å²) in [7, 11) is 0. The quantitative estimate of drug-likeness (QED) is 0.0538. The van der Waals surface area contributed by atoms with Crippen molar-refractivity contribution in [3.63, 3.8) is 0 Å². The Kier molecular flexibility index (Phi) is 12.9. The van der Waals surface area contributed by atoms with E-state index in [0.717, 1.165) is 0 Å². The van der Waals surface area contributed by atoms with E-state index in [4.69, 9.17) is 14.2 Å². The molecule has 0 aliphatic heterocycles. The summed E-state index contributed by atoms with van der Waals surface area (Å²) >= 11 is 0. The minimum Gasteiger partial charge on any atom is -0.486 e. The van der Waals surface area contributed by atoms with Crippen molar-refractivity contribution in [2.24, 2.45) is 0 Å². The summed E-state index contributed by atoms with van der Waals surface area (Å²) in [6, 6.07) is 3.10. The van der Waals surface area contributed by atoms with E-state index in [1.54, 1.807) is 13.8 Å². The Morgan fingerprint density at radius 3 is 1.16 bits per heavy atom. The Morgan fingerprint density at radius 2 is 0.877 bits per heavy atom. The van der Waals surface area contributed by atoms with Crippen LogP contribution < -0.4 is 14.2 Å². The maximum Gasteiger partial charge on any atom is 0.417 e. The van der Waals surface area contributed by atoms with Gasteiger partial charge in [-0.25, -0.2) is 0 Å². The van der Waals surface area contributed by atoms with Gasteiger partial charge in [0.05, 0.1) is 56.4 Å². The van der Waals surface area contributed by atoms with Crippen LogP contribution in [-0.4, -0.2) is 23.1 Å². The molecule has 21 heteroatoms. The lowest BCUT2D eigenvalue weighted by Gasteiger charge is -2.23. The standard InChI is InChI=1S/C36H28F12N2O7/c1-3-5-15-55-31-25(49(51)52)11-13-27(29(31)21-9-7-19(33(37,38)39)17-23(21)35(43,44)45)57-28-14-12-26(50(53)54)32(56-16-6-4-2)30(28)22-10-8-20(34(40,41)42)18-24(22)36(46,47)48/h7-14,17-18H,3-6,15-16H2,1-2H3. The highest BCUT2D eigenvalue weighted by Crippen LogP contribution is 2.54. The van der Waals surface area contributed by atoms with Crippen molar-refractivity contribution in [2.75, 3.05) is 13.2 Å². The second kappa shape index (κ2) is 16.8. The molecular weight excluding hydrogens is 800 g/mol. The van der Waals surface area contributed by atoms with Crippen LogP contribution in [0.5, 0.6) is 23.0 Å². The molecule has 0 unspecified atom stereocenters. The number of unbranched alkanes of at least 4 members (excludes halogenated alkanes) is 2. The molecule has 0 aromatic heterocycles. The van der Waals surface area contributed by atoms with Crippen LogP contribution in [0.2, 0.25) is 0 Å². The largest absolute Gasteiger partial charge is 0.486 e. The molecule has 9 nitrogen and oxygen atoms in total. The first-order valence-corrected chi connectivity index (χ1v) is 16.6. The number of halogens is 12. The fraction of sp³-hybridized carbons (Fsp3) is 0.333. The van der Waals surface area contributed by atoms with Crippen molar-refractivity contribution >= 4 is 11.4 Å². The Morgan fingerprint density at radius 1 is 0.526 bits per heavy atom. The Bertz CT molecular complexity index is 1980.